The van der Waals surface area contributed by atoms with Crippen molar-refractivity contribution in [1.82, 2.24) is 18.6 Å². The Hall–Kier alpha value is -3.62. The lowest BCUT2D eigenvalue weighted by Crippen LogP contribution is -2.48. The summed E-state index contributed by atoms with van der Waals surface area (Å²) in [6, 6.07) is 23.6. The Bertz CT molecular complexity index is 2470. The molecule has 4 heterocycles. The van der Waals surface area contributed by atoms with Crippen LogP contribution in [0.5, 0.6) is 0 Å². The summed E-state index contributed by atoms with van der Waals surface area (Å²) < 4.78 is 82.6. The Morgan fingerprint density at radius 1 is 0.552 bits per heavy atom. The van der Waals surface area contributed by atoms with Gasteiger partial charge in [0.25, 0.3) is 0 Å². The van der Waals surface area contributed by atoms with Crippen LogP contribution < -0.4 is 9.80 Å². The fraction of sp³-hybridized carbons (Fsp3) is 0.250. The fourth-order valence-electron chi connectivity index (χ4n) is 6.43. The van der Waals surface area contributed by atoms with Crippen molar-refractivity contribution in [3.05, 3.63) is 127 Å². The Balaban J connectivity index is 0.000000177. The van der Waals surface area contributed by atoms with Crippen molar-refractivity contribution in [1.29, 1.82) is 0 Å². The number of sulfonamides is 2. The van der Waals surface area contributed by atoms with Crippen molar-refractivity contribution in [2.24, 2.45) is 0 Å². The van der Waals surface area contributed by atoms with Gasteiger partial charge in [0.05, 0.1) is 21.2 Å². The van der Waals surface area contributed by atoms with Gasteiger partial charge in [0.1, 0.15) is 0 Å². The maximum absolute atomic E-state index is 13.5. The molecular weight excluding hydrogens is 955 g/mol. The molecule has 0 radical (unpaired) electrons. The number of halogens is 4. The molecule has 6 aromatic rings. The molecule has 0 N–H and O–H groups in total. The van der Waals surface area contributed by atoms with Crippen LogP contribution in [0.25, 0.3) is 22.5 Å². The number of hydrogen-bond donors (Lipinski definition) is 0. The monoisotopic (exact) mass is 990 g/mol. The zero-order chi connectivity index (χ0) is 41.2. The molecule has 0 amide bonds. The number of nitrogens with zero attached hydrogens (tertiary/aromatic N) is 6. The molecule has 18 heteroatoms. The highest BCUT2D eigenvalue weighted by Gasteiger charge is 2.31. The second-order valence-corrected chi connectivity index (χ2v) is 21.0. The van der Waals surface area contributed by atoms with Crippen LogP contribution >= 0.6 is 54.5 Å². The van der Waals surface area contributed by atoms with Crippen molar-refractivity contribution < 1.29 is 25.6 Å². The topological polar surface area (TPSA) is 107 Å². The first-order chi connectivity index (χ1) is 27.7. The zero-order valence-electron chi connectivity index (χ0n) is 31.4. The molecule has 8 rings (SSSR count). The molecule has 2 saturated heterocycles. The van der Waals surface area contributed by atoms with Gasteiger partial charge < -0.3 is 9.80 Å². The van der Waals surface area contributed by atoms with Gasteiger partial charge in [0.15, 0.2) is 21.9 Å². The summed E-state index contributed by atoms with van der Waals surface area (Å²) >= 11 is 9.66. The number of aryl methyl sites for hydroxylation is 2. The second kappa shape index (κ2) is 17.9. The molecule has 2 aromatic heterocycles. The van der Waals surface area contributed by atoms with Gasteiger partial charge in [0, 0.05) is 83.2 Å². The Morgan fingerprint density at radius 3 is 1.43 bits per heavy atom. The maximum atomic E-state index is 13.5. The predicted octanol–water partition coefficient (Wildman–Crippen LogP) is 9.06. The van der Waals surface area contributed by atoms with Crippen molar-refractivity contribution >= 4 is 84.8 Å². The van der Waals surface area contributed by atoms with Gasteiger partial charge in [-0.15, -0.1) is 22.7 Å². The molecule has 0 unspecified atom stereocenters. The van der Waals surface area contributed by atoms with Gasteiger partial charge >= 0.3 is 0 Å². The van der Waals surface area contributed by atoms with Crippen LogP contribution in [-0.4, -0.2) is 87.8 Å². The normalized spacial score (nSPS) is 15.6. The predicted molar refractivity (Wildman–Crippen MR) is 235 cm³/mol. The number of hydrogen-bond acceptors (Lipinski definition) is 10. The lowest BCUT2D eigenvalue weighted by atomic mass is 10.1. The lowest BCUT2D eigenvalue weighted by molar-refractivity contribution is 0.384. The first-order valence-corrected chi connectivity index (χ1v) is 24.4. The Labute approximate surface area is 362 Å². The molecule has 0 saturated carbocycles. The van der Waals surface area contributed by atoms with Crippen LogP contribution in [0.1, 0.15) is 11.1 Å². The van der Waals surface area contributed by atoms with Crippen LogP contribution in [-0.2, 0) is 20.0 Å². The summed E-state index contributed by atoms with van der Waals surface area (Å²) in [5, 5.41) is 5.53. The van der Waals surface area contributed by atoms with E-state index < -0.39 is 31.7 Å². The average molecular weight is 993 g/mol. The van der Waals surface area contributed by atoms with Gasteiger partial charge in [-0.1, -0.05) is 56.1 Å². The number of anilines is 2. The quantitative estimate of drug-likeness (QED) is 0.149. The number of piperazine rings is 2. The van der Waals surface area contributed by atoms with Crippen molar-refractivity contribution in [3.8, 4) is 22.5 Å². The summed E-state index contributed by atoms with van der Waals surface area (Å²) in [5.41, 5.74) is 5.68. The molecular formula is C40H38Br2F2N6O4S4. The first-order valence-electron chi connectivity index (χ1n) is 18.1. The minimum absolute atomic E-state index is 0.259. The third kappa shape index (κ3) is 9.54. The maximum Gasteiger partial charge on any atom is 0.243 e. The van der Waals surface area contributed by atoms with E-state index in [2.05, 4.69) is 79.2 Å². The van der Waals surface area contributed by atoms with Crippen molar-refractivity contribution in [2.45, 2.75) is 23.6 Å². The molecule has 0 spiro atoms. The molecule has 0 atom stereocenters. The van der Waals surface area contributed by atoms with Crippen LogP contribution in [0.3, 0.4) is 0 Å². The van der Waals surface area contributed by atoms with E-state index in [-0.39, 0.29) is 4.90 Å². The van der Waals surface area contributed by atoms with Gasteiger partial charge in [-0.25, -0.2) is 35.6 Å². The smallest absolute Gasteiger partial charge is 0.243 e. The lowest BCUT2D eigenvalue weighted by Gasteiger charge is -2.33. The zero-order valence-corrected chi connectivity index (χ0v) is 37.8. The standard InChI is InChI=1S/C21H22BrN3O2S2.C19H16BrF2N3O2S2/c1-15-6-7-17(12-16(15)2)20-14-28-21(23-20)24-8-10-25(11-9-24)29(26,27)19-5-3-4-18(22)13-19;20-14-2-1-3-15(11-14)29(26,27)25-8-6-24(7-9-25)19-23-18(12-28-19)13-4-5-16(21)17(22)10-13/h3-7,12-14H,8-11H2,1-2H3;1-5,10-12H,6-9H2. The second-order valence-electron chi connectivity index (χ2n) is 13.7. The summed E-state index contributed by atoms with van der Waals surface area (Å²) in [7, 11) is -7.03. The molecule has 10 nitrogen and oxygen atoms in total. The molecule has 0 bridgehead atoms. The molecule has 4 aromatic carbocycles. The van der Waals surface area contributed by atoms with E-state index in [0.29, 0.717) is 73.0 Å². The van der Waals surface area contributed by atoms with Crippen molar-refractivity contribution in [2.75, 3.05) is 62.2 Å². The van der Waals surface area contributed by atoms with Crippen LogP contribution in [0.2, 0.25) is 0 Å². The van der Waals surface area contributed by atoms with E-state index >= 15 is 0 Å². The average Bonchev–Trinajstić information content (AvgIpc) is 3.92. The Kier molecular flexibility index (Phi) is 13.1. The minimum atomic E-state index is -3.55. The van der Waals surface area contributed by atoms with E-state index in [9.17, 15) is 25.6 Å². The number of rotatable bonds is 8. The van der Waals surface area contributed by atoms with Gasteiger partial charge in [-0.2, -0.15) is 8.61 Å². The molecule has 2 fully saturated rings. The van der Waals surface area contributed by atoms with Crippen LogP contribution in [0.4, 0.5) is 19.0 Å². The molecule has 304 valence electrons. The Morgan fingerprint density at radius 2 is 1.00 bits per heavy atom. The minimum Gasteiger partial charge on any atom is -0.345 e. The van der Waals surface area contributed by atoms with Gasteiger partial charge in [-0.3, -0.25) is 0 Å². The largest absolute Gasteiger partial charge is 0.345 e. The fourth-order valence-corrected chi connectivity index (χ4v) is 12.2. The number of thiazole rings is 2. The number of aromatic nitrogens is 2. The van der Waals surface area contributed by atoms with E-state index in [1.165, 1.54) is 32.8 Å². The highest BCUT2D eigenvalue weighted by molar-refractivity contribution is 9.10. The molecule has 2 aliphatic rings. The van der Waals surface area contributed by atoms with Crippen LogP contribution in [0, 0.1) is 25.5 Å². The van der Waals surface area contributed by atoms with E-state index in [1.54, 1.807) is 63.5 Å². The summed E-state index contributed by atoms with van der Waals surface area (Å²) in [6.45, 7) is 8.06. The summed E-state index contributed by atoms with van der Waals surface area (Å²) in [4.78, 5) is 14.1. The first kappa shape index (κ1) is 42.5. The third-order valence-electron chi connectivity index (χ3n) is 9.89. The van der Waals surface area contributed by atoms with Crippen molar-refractivity contribution in [3.63, 3.8) is 0 Å². The van der Waals surface area contributed by atoms with E-state index in [1.807, 2.05) is 11.0 Å². The molecule has 58 heavy (non-hydrogen) atoms. The summed E-state index contributed by atoms with van der Waals surface area (Å²) in [6.07, 6.45) is 0. The van der Waals surface area contributed by atoms with Gasteiger partial charge in [-0.05, 0) is 85.6 Å². The SMILES string of the molecule is Cc1ccc(-c2csc(N3CCN(S(=O)(=O)c4cccc(Br)c4)CC3)n2)cc1C.O=S(=O)(c1cccc(Br)c1)N1CCN(c2nc(-c3ccc(F)c(F)c3)cs2)CC1. The number of benzene rings is 4. The highest BCUT2D eigenvalue weighted by Crippen LogP contribution is 2.32. The molecule has 0 aliphatic carbocycles. The summed E-state index contributed by atoms with van der Waals surface area (Å²) in [5.74, 6) is -1.81. The van der Waals surface area contributed by atoms with E-state index in [4.69, 9.17) is 4.98 Å². The highest BCUT2D eigenvalue weighted by atomic mass is 79.9. The molecule has 2 aliphatic heterocycles. The van der Waals surface area contributed by atoms with Crippen LogP contribution in [0.15, 0.2) is 114 Å². The third-order valence-corrected chi connectivity index (χ3v) is 16.5. The van der Waals surface area contributed by atoms with Gasteiger partial charge in [0.2, 0.25) is 20.0 Å². The van der Waals surface area contributed by atoms with E-state index in [0.717, 1.165) is 38.1 Å².